The minimum absolute atomic E-state index is 0.0103. The van der Waals surface area contributed by atoms with Crippen LogP contribution in [0.5, 0.6) is 5.75 Å². The molecule has 1 aliphatic carbocycles. The highest BCUT2D eigenvalue weighted by molar-refractivity contribution is 7.10. The molecular formula is C20H15F3N4O2S. The molecule has 1 N–H and O–H groups in total. The van der Waals surface area contributed by atoms with E-state index in [-0.39, 0.29) is 17.5 Å². The first kappa shape index (κ1) is 18.9. The average Bonchev–Trinajstić information content (AvgIpc) is 3.37. The Hall–Kier alpha value is -3.14. The molecule has 1 aliphatic heterocycles. The average molecular weight is 432 g/mol. The number of alkyl halides is 3. The van der Waals surface area contributed by atoms with Gasteiger partial charge in [-0.05, 0) is 35.6 Å². The Morgan fingerprint density at radius 3 is 2.67 bits per heavy atom. The molecule has 3 heterocycles. The lowest BCUT2D eigenvalue weighted by Crippen LogP contribution is -2.33. The highest BCUT2D eigenvalue weighted by atomic mass is 32.1. The number of hydrogen-bond acceptors (Lipinski definition) is 6. The van der Waals surface area contributed by atoms with Crippen molar-refractivity contribution in [2.24, 2.45) is 0 Å². The maximum atomic E-state index is 13.2. The molecule has 0 unspecified atom stereocenters. The van der Waals surface area contributed by atoms with Crippen LogP contribution in [-0.4, -0.2) is 26.9 Å². The summed E-state index contributed by atoms with van der Waals surface area (Å²) in [4.78, 5) is 18.5. The Kier molecular flexibility index (Phi) is 4.39. The van der Waals surface area contributed by atoms with Crippen LogP contribution < -0.4 is 10.1 Å². The number of thiophene rings is 1. The third kappa shape index (κ3) is 3.36. The lowest BCUT2D eigenvalue weighted by Gasteiger charge is -2.34. The van der Waals surface area contributed by atoms with E-state index in [1.807, 2.05) is 17.5 Å². The molecule has 3 aromatic rings. The molecule has 6 nitrogen and oxygen atoms in total. The highest BCUT2D eigenvalue weighted by Crippen LogP contribution is 2.44. The third-order valence-corrected chi connectivity index (χ3v) is 6.27. The number of fused-ring (bicyclic) bond motifs is 1. The quantitative estimate of drug-likeness (QED) is 0.652. The predicted molar refractivity (Wildman–Crippen MR) is 103 cm³/mol. The van der Waals surface area contributed by atoms with Gasteiger partial charge < -0.3 is 10.1 Å². The summed E-state index contributed by atoms with van der Waals surface area (Å²) < 4.78 is 43.0. The van der Waals surface area contributed by atoms with Crippen LogP contribution in [0.2, 0.25) is 0 Å². The Bertz CT molecular complexity index is 1120. The molecule has 5 rings (SSSR count). The van der Waals surface area contributed by atoms with Gasteiger partial charge in [-0.25, -0.2) is 4.68 Å². The van der Waals surface area contributed by atoms with Gasteiger partial charge in [0.1, 0.15) is 18.1 Å². The van der Waals surface area contributed by atoms with Crippen molar-refractivity contribution < 1.29 is 22.7 Å². The lowest BCUT2D eigenvalue weighted by molar-refractivity contribution is -0.274. The van der Waals surface area contributed by atoms with Crippen LogP contribution in [0.25, 0.3) is 0 Å². The van der Waals surface area contributed by atoms with Crippen LogP contribution in [0.15, 0.2) is 59.4 Å². The van der Waals surface area contributed by atoms with Gasteiger partial charge in [-0.1, -0.05) is 18.2 Å². The van der Waals surface area contributed by atoms with Crippen molar-refractivity contribution in [1.82, 2.24) is 14.8 Å². The molecule has 0 radical (unpaired) electrons. The Morgan fingerprint density at radius 2 is 1.97 bits per heavy atom. The van der Waals surface area contributed by atoms with E-state index in [0.717, 1.165) is 10.6 Å². The Labute approximate surface area is 173 Å². The van der Waals surface area contributed by atoms with Crippen LogP contribution in [-0.2, 0) is 4.79 Å². The highest BCUT2D eigenvalue weighted by Gasteiger charge is 2.39. The fraction of sp³-hybridized carbons (Fsp3) is 0.250. The molecule has 2 aliphatic rings. The van der Waals surface area contributed by atoms with Gasteiger partial charge in [-0.2, -0.15) is 10.1 Å². The molecule has 0 saturated carbocycles. The number of aromatic nitrogens is 3. The molecule has 2 aromatic heterocycles. The molecule has 2 atom stereocenters. The Morgan fingerprint density at radius 1 is 1.17 bits per heavy atom. The number of nitrogens with zero attached hydrogens (tertiary/aromatic N) is 3. The van der Waals surface area contributed by atoms with E-state index >= 15 is 0 Å². The van der Waals surface area contributed by atoms with Crippen molar-refractivity contribution in [2.45, 2.75) is 31.2 Å². The molecule has 10 heteroatoms. The number of nitrogens with one attached hydrogen (secondary N) is 1. The van der Waals surface area contributed by atoms with Gasteiger partial charge >= 0.3 is 6.36 Å². The number of benzene rings is 1. The number of rotatable bonds is 3. The van der Waals surface area contributed by atoms with Gasteiger partial charge in [0, 0.05) is 28.5 Å². The SMILES string of the molecule is O=C1C[C@@H](c2cccs2)CC2=C1[C@@H](c1ccc(OC(F)(F)F)cc1)n1ncnc1N2. The third-order valence-electron chi connectivity index (χ3n) is 5.24. The van der Waals surface area contributed by atoms with E-state index in [9.17, 15) is 18.0 Å². The van der Waals surface area contributed by atoms with Gasteiger partial charge in [0.2, 0.25) is 5.95 Å². The van der Waals surface area contributed by atoms with Gasteiger partial charge in [0.15, 0.2) is 5.78 Å². The second-order valence-electron chi connectivity index (χ2n) is 7.11. The van der Waals surface area contributed by atoms with Crippen molar-refractivity contribution in [1.29, 1.82) is 0 Å². The summed E-state index contributed by atoms with van der Waals surface area (Å²) in [5.41, 5.74) is 1.99. The van der Waals surface area contributed by atoms with Crippen LogP contribution in [0.1, 0.15) is 35.2 Å². The summed E-state index contributed by atoms with van der Waals surface area (Å²) in [5.74, 6) is 0.250. The fourth-order valence-electron chi connectivity index (χ4n) is 4.04. The maximum Gasteiger partial charge on any atom is 0.573 e. The fourth-order valence-corrected chi connectivity index (χ4v) is 4.87. The number of ketones is 1. The zero-order valence-electron chi connectivity index (χ0n) is 15.4. The Balaban J connectivity index is 1.53. The van der Waals surface area contributed by atoms with E-state index < -0.39 is 12.4 Å². The van der Waals surface area contributed by atoms with Crippen molar-refractivity contribution in [2.75, 3.05) is 5.32 Å². The molecular weight excluding hydrogens is 417 g/mol. The van der Waals surface area contributed by atoms with E-state index in [1.54, 1.807) is 16.0 Å². The number of carbonyl (C=O) groups is 1. The van der Waals surface area contributed by atoms with E-state index in [4.69, 9.17) is 0 Å². The van der Waals surface area contributed by atoms with E-state index in [1.165, 1.54) is 30.6 Å². The molecule has 0 spiro atoms. The summed E-state index contributed by atoms with van der Waals surface area (Å²) in [5, 5.41) is 9.45. The first-order valence-corrected chi connectivity index (χ1v) is 10.1. The number of allylic oxidation sites excluding steroid dienone is 2. The van der Waals surface area contributed by atoms with E-state index in [2.05, 4.69) is 20.1 Å². The lowest BCUT2D eigenvalue weighted by atomic mass is 9.80. The first-order valence-electron chi connectivity index (χ1n) is 9.21. The molecule has 0 fully saturated rings. The summed E-state index contributed by atoms with van der Waals surface area (Å²) >= 11 is 1.62. The number of carbonyl (C=O) groups excluding carboxylic acids is 1. The zero-order chi connectivity index (χ0) is 20.9. The smallest absolute Gasteiger partial charge is 0.406 e. The largest absolute Gasteiger partial charge is 0.573 e. The van der Waals surface area contributed by atoms with Crippen molar-refractivity contribution >= 4 is 23.1 Å². The summed E-state index contributed by atoms with van der Waals surface area (Å²) in [7, 11) is 0. The first-order chi connectivity index (χ1) is 14.4. The zero-order valence-corrected chi connectivity index (χ0v) is 16.2. The number of anilines is 1. The second-order valence-corrected chi connectivity index (χ2v) is 8.09. The molecule has 30 heavy (non-hydrogen) atoms. The van der Waals surface area contributed by atoms with Crippen LogP contribution in [0.4, 0.5) is 19.1 Å². The van der Waals surface area contributed by atoms with Gasteiger partial charge in [-0.3, -0.25) is 4.79 Å². The number of halogens is 3. The normalized spacial score (nSPS) is 21.1. The molecule has 0 amide bonds. The number of Topliss-reactive ketones (excluding diaryl/α,β-unsaturated/α-hetero) is 1. The topological polar surface area (TPSA) is 69.0 Å². The standard InChI is InChI=1S/C20H15F3N4O2S/c21-20(22,23)29-13-5-3-11(4-6-13)18-17-14(26-19-24-10-25-27(18)19)8-12(9-15(17)28)16-2-1-7-30-16/h1-7,10,12,18H,8-9H2,(H,24,25,26)/t12-,18+/m0/s1. The van der Waals surface area contributed by atoms with Crippen molar-refractivity contribution in [3.8, 4) is 5.75 Å². The van der Waals surface area contributed by atoms with Gasteiger partial charge in [0.25, 0.3) is 0 Å². The van der Waals surface area contributed by atoms with Crippen molar-refractivity contribution in [3.05, 3.63) is 69.8 Å². The maximum absolute atomic E-state index is 13.2. The summed E-state index contributed by atoms with van der Waals surface area (Å²) in [6.45, 7) is 0. The second kappa shape index (κ2) is 6.98. The van der Waals surface area contributed by atoms with Gasteiger partial charge in [-0.15, -0.1) is 24.5 Å². The predicted octanol–water partition coefficient (Wildman–Crippen LogP) is 4.65. The minimum Gasteiger partial charge on any atom is -0.406 e. The van der Waals surface area contributed by atoms with Crippen LogP contribution in [0, 0.1) is 0 Å². The monoisotopic (exact) mass is 432 g/mol. The number of ether oxygens (including phenoxy) is 1. The molecule has 0 saturated heterocycles. The van der Waals surface area contributed by atoms with Crippen LogP contribution >= 0.6 is 11.3 Å². The number of hydrogen-bond donors (Lipinski definition) is 1. The van der Waals surface area contributed by atoms with Gasteiger partial charge in [0.05, 0.1) is 0 Å². The molecule has 154 valence electrons. The summed E-state index contributed by atoms with van der Waals surface area (Å²) in [6, 6.07) is 8.95. The van der Waals surface area contributed by atoms with Crippen LogP contribution in [0.3, 0.4) is 0 Å². The molecule has 1 aromatic carbocycles. The summed E-state index contributed by atoms with van der Waals surface area (Å²) in [6.07, 6.45) is -2.35. The van der Waals surface area contributed by atoms with Crippen molar-refractivity contribution in [3.63, 3.8) is 0 Å². The molecule has 0 bridgehead atoms. The van der Waals surface area contributed by atoms with E-state index in [0.29, 0.717) is 29.9 Å². The minimum atomic E-state index is -4.76.